The minimum Gasteiger partial charge on any atom is -0.449 e. The summed E-state index contributed by atoms with van der Waals surface area (Å²) < 4.78 is 5.34. The number of aromatic nitrogens is 3. The van der Waals surface area contributed by atoms with Gasteiger partial charge in [-0.25, -0.2) is 9.78 Å². The second-order valence-electron chi connectivity index (χ2n) is 5.17. The summed E-state index contributed by atoms with van der Waals surface area (Å²) in [5, 5.41) is 2.68. The van der Waals surface area contributed by atoms with Crippen LogP contribution in [0, 0.1) is 0 Å². The third kappa shape index (κ3) is 3.40. The molecule has 122 valence electrons. The van der Waals surface area contributed by atoms with Crippen molar-refractivity contribution in [1.82, 2.24) is 15.0 Å². The lowest BCUT2D eigenvalue weighted by molar-refractivity contribution is -0.124. The number of ether oxygens (including phenoxy) is 1. The predicted molar refractivity (Wildman–Crippen MR) is 88.5 cm³/mol. The summed E-state index contributed by atoms with van der Waals surface area (Å²) in [5.74, 6) is -0.943. The van der Waals surface area contributed by atoms with Gasteiger partial charge in [-0.2, -0.15) is 0 Å². The van der Waals surface area contributed by atoms with E-state index in [0.717, 1.165) is 11.0 Å². The molecular formula is C17H16N4O3. The number of benzene rings is 1. The molecule has 0 aliphatic carbocycles. The zero-order valence-corrected chi connectivity index (χ0v) is 13.0. The van der Waals surface area contributed by atoms with Gasteiger partial charge < -0.3 is 15.0 Å². The maximum atomic E-state index is 12.3. The minimum absolute atomic E-state index is 0.361. The number of hydrogen-bond donors (Lipinski definition) is 2. The second-order valence-corrected chi connectivity index (χ2v) is 5.17. The van der Waals surface area contributed by atoms with Crippen LogP contribution in [0.15, 0.2) is 49.1 Å². The molecule has 2 heterocycles. The quantitative estimate of drug-likeness (QED) is 0.703. The number of rotatable bonds is 5. The topological polar surface area (TPSA) is 97.0 Å². The van der Waals surface area contributed by atoms with Gasteiger partial charge in [-0.05, 0) is 36.8 Å². The van der Waals surface area contributed by atoms with Gasteiger partial charge in [-0.3, -0.25) is 9.78 Å². The maximum Gasteiger partial charge on any atom is 0.338 e. The SMILES string of the molecule is CCC(OC(=O)c1ccc2nc[nH]c2c1)C(=O)Nc1cccnc1. The van der Waals surface area contributed by atoms with Crippen molar-refractivity contribution < 1.29 is 14.3 Å². The van der Waals surface area contributed by atoms with E-state index >= 15 is 0 Å². The number of amides is 1. The van der Waals surface area contributed by atoms with E-state index in [1.165, 1.54) is 6.20 Å². The summed E-state index contributed by atoms with van der Waals surface area (Å²) in [7, 11) is 0. The molecule has 0 saturated heterocycles. The Morgan fingerprint density at radius 2 is 2.21 bits per heavy atom. The van der Waals surface area contributed by atoms with Crippen LogP contribution >= 0.6 is 0 Å². The number of anilines is 1. The molecule has 1 aromatic carbocycles. The highest BCUT2D eigenvalue weighted by atomic mass is 16.5. The molecule has 1 unspecified atom stereocenters. The Bertz CT molecular complexity index is 860. The number of aromatic amines is 1. The number of esters is 1. The van der Waals surface area contributed by atoms with Crippen LogP contribution in [0.2, 0.25) is 0 Å². The van der Waals surface area contributed by atoms with Crippen molar-refractivity contribution >= 4 is 28.6 Å². The Morgan fingerprint density at radius 3 is 2.96 bits per heavy atom. The molecule has 3 rings (SSSR count). The molecule has 0 bridgehead atoms. The van der Waals surface area contributed by atoms with Crippen molar-refractivity contribution in [2.45, 2.75) is 19.4 Å². The largest absolute Gasteiger partial charge is 0.449 e. The van der Waals surface area contributed by atoms with Gasteiger partial charge in [0, 0.05) is 6.20 Å². The highest BCUT2D eigenvalue weighted by Crippen LogP contribution is 2.14. The molecule has 1 atom stereocenters. The molecule has 1 amide bonds. The Balaban J connectivity index is 1.69. The van der Waals surface area contributed by atoms with Gasteiger partial charge in [-0.15, -0.1) is 0 Å². The molecule has 0 aliphatic heterocycles. The van der Waals surface area contributed by atoms with Gasteiger partial charge in [0.2, 0.25) is 0 Å². The molecular weight excluding hydrogens is 308 g/mol. The van der Waals surface area contributed by atoms with E-state index in [-0.39, 0.29) is 5.91 Å². The van der Waals surface area contributed by atoms with Crippen molar-refractivity contribution in [3.05, 3.63) is 54.6 Å². The standard InChI is InChI=1S/C17H16N4O3/c1-2-15(16(22)21-12-4-3-7-18-9-12)24-17(23)11-5-6-13-14(8-11)20-10-19-13/h3-10,15H,2H2,1H3,(H,19,20)(H,21,22). The summed E-state index contributed by atoms with van der Waals surface area (Å²) >= 11 is 0. The van der Waals surface area contributed by atoms with E-state index in [4.69, 9.17) is 4.74 Å². The van der Waals surface area contributed by atoms with Crippen molar-refractivity contribution in [2.75, 3.05) is 5.32 Å². The lowest BCUT2D eigenvalue weighted by Gasteiger charge is -2.16. The number of imidazole rings is 1. The molecule has 3 aromatic rings. The maximum absolute atomic E-state index is 12.3. The van der Waals surface area contributed by atoms with Crippen molar-refractivity contribution in [3.8, 4) is 0 Å². The second kappa shape index (κ2) is 6.91. The van der Waals surface area contributed by atoms with Crippen LogP contribution in [0.3, 0.4) is 0 Å². The number of nitrogens with zero attached hydrogens (tertiary/aromatic N) is 2. The van der Waals surface area contributed by atoms with Crippen LogP contribution in [-0.2, 0) is 9.53 Å². The van der Waals surface area contributed by atoms with Gasteiger partial charge in [0.15, 0.2) is 6.10 Å². The minimum atomic E-state index is -0.879. The summed E-state index contributed by atoms with van der Waals surface area (Å²) in [6.07, 6.45) is 4.17. The number of hydrogen-bond acceptors (Lipinski definition) is 5. The number of carbonyl (C=O) groups is 2. The monoisotopic (exact) mass is 324 g/mol. The number of nitrogens with one attached hydrogen (secondary N) is 2. The first-order valence-corrected chi connectivity index (χ1v) is 7.52. The molecule has 0 saturated carbocycles. The van der Waals surface area contributed by atoms with Gasteiger partial charge in [0.05, 0.1) is 34.8 Å². The van der Waals surface area contributed by atoms with Crippen LogP contribution in [0.25, 0.3) is 11.0 Å². The molecule has 0 spiro atoms. The van der Waals surface area contributed by atoms with Crippen LogP contribution < -0.4 is 5.32 Å². The third-order valence-corrected chi connectivity index (χ3v) is 3.50. The average molecular weight is 324 g/mol. The fourth-order valence-corrected chi connectivity index (χ4v) is 2.24. The van der Waals surface area contributed by atoms with Gasteiger partial charge in [0.25, 0.3) is 5.91 Å². The number of H-pyrrole nitrogens is 1. The molecule has 7 nitrogen and oxygen atoms in total. The zero-order valence-electron chi connectivity index (χ0n) is 13.0. The zero-order chi connectivity index (χ0) is 16.9. The Kier molecular flexibility index (Phi) is 4.51. The highest BCUT2D eigenvalue weighted by Gasteiger charge is 2.22. The van der Waals surface area contributed by atoms with Crippen LogP contribution in [-0.4, -0.2) is 32.9 Å². The van der Waals surface area contributed by atoms with E-state index in [1.807, 2.05) is 0 Å². The third-order valence-electron chi connectivity index (χ3n) is 3.50. The Labute approximate surface area is 138 Å². The first kappa shape index (κ1) is 15.7. The van der Waals surface area contributed by atoms with E-state index in [0.29, 0.717) is 17.7 Å². The van der Waals surface area contributed by atoms with E-state index in [9.17, 15) is 9.59 Å². The van der Waals surface area contributed by atoms with Crippen molar-refractivity contribution in [3.63, 3.8) is 0 Å². The van der Waals surface area contributed by atoms with Crippen LogP contribution in [0.5, 0.6) is 0 Å². The van der Waals surface area contributed by atoms with Crippen LogP contribution in [0.4, 0.5) is 5.69 Å². The normalized spacial score (nSPS) is 11.9. The highest BCUT2D eigenvalue weighted by molar-refractivity contribution is 5.98. The summed E-state index contributed by atoms with van der Waals surface area (Å²) in [5.41, 5.74) is 2.40. The molecule has 0 aliphatic rings. The smallest absolute Gasteiger partial charge is 0.338 e. The Morgan fingerprint density at radius 1 is 1.33 bits per heavy atom. The van der Waals surface area contributed by atoms with Gasteiger partial charge in [0.1, 0.15) is 0 Å². The lowest BCUT2D eigenvalue weighted by atomic mass is 10.2. The first-order chi connectivity index (χ1) is 11.7. The molecule has 24 heavy (non-hydrogen) atoms. The molecule has 0 fully saturated rings. The fraction of sp³-hybridized carbons (Fsp3) is 0.176. The lowest BCUT2D eigenvalue weighted by Crippen LogP contribution is -2.32. The Hall–Kier alpha value is -3.22. The van der Waals surface area contributed by atoms with E-state index < -0.39 is 12.1 Å². The molecule has 7 heteroatoms. The molecule has 2 N–H and O–H groups in total. The molecule has 2 aromatic heterocycles. The number of fused-ring (bicyclic) bond motifs is 1. The van der Waals surface area contributed by atoms with Crippen molar-refractivity contribution in [1.29, 1.82) is 0 Å². The number of carbonyl (C=O) groups excluding carboxylic acids is 2. The first-order valence-electron chi connectivity index (χ1n) is 7.52. The van der Waals surface area contributed by atoms with E-state index in [2.05, 4.69) is 20.3 Å². The summed E-state index contributed by atoms with van der Waals surface area (Å²) in [6.45, 7) is 1.78. The fourth-order valence-electron chi connectivity index (χ4n) is 2.24. The van der Waals surface area contributed by atoms with Gasteiger partial charge in [-0.1, -0.05) is 6.92 Å². The number of pyridine rings is 1. The summed E-state index contributed by atoms with van der Waals surface area (Å²) in [6, 6.07) is 8.42. The molecule has 0 radical (unpaired) electrons. The van der Waals surface area contributed by atoms with Crippen molar-refractivity contribution in [2.24, 2.45) is 0 Å². The average Bonchev–Trinajstić information content (AvgIpc) is 3.07. The van der Waals surface area contributed by atoms with E-state index in [1.54, 1.807) is 49.8 Å². The van der Waals surface area contributed by atoms with Gasteiger partial charge >= 0.3 is 5.97 Å². The summed E-state index contributed by atoms with van der Waals surface area (Å²) in [4.78, 5) is 35.5. The van der Waals surface area contributed by atoms with Crippen LogP contribution in [0.1, 0.15) is 23.7 Å². The predicted octanol–water partition coefficient (Wildman–Crippen LogP) is 2.53.